The summed E-state index contributed by atoms with van der Waals surface area (Å²) in [6, 6.07) is 0. The number of hydrogen-bond acceptors (Lipinski definition) is 2. The van der Waals surface area contributed by atoms with E-state index in [-0.39, 0.29) is 11.1 Å². The molecule has 0 radical (unpaired) electrons. The molecule has 0 fully saturated rings. The van der Waals surface area contributed by atoms with Gasteiger partial charge in [-0.05, 0) is 33.3 Å². The lowest BCUT2D eigenvalue weighted by Gasteiger charge is -2.15. The number of carbonyl (C=O) groups excluding carboxylic acids is 2. The number of alkyl halides is 3. The third kappa shape index (κ3) is 4.33. The Kier molecular flexibility index (Phi) is 6.36. The van der Waals surface area contributed by atoms with Crippen LogP contribution in [0.3, 0.4) is 0 Å². The van der Waals surface area contributed by atoms with Crippen molar-refractivity contribution in [1.29, 1.82) is 0 Å². The van der Waals surface area contributed by atoms with Gasteiger partial charge in [0.05, 0.1) is 11.1 Å². The van der Waals surface area contributed by atoms with Gasteiger partial charge in [-0.3, -0.25) is 9.59 Å². The van der Waals surface area contributed by atoms with Crippen molar-refractivity contribution in [2.24, 2.45) is 0 Å². The summed E-state index contributed by atoms with van der Waals surface area (Å²) in [5.74, 6) is -1.55. The molecular weight excluding hydrogens is 269 g/mol. The van der Waals surface area contributed by atoms with Gasteiger partial charge in [0.15, 0.2) is 11.6 Å². The molecule has 20 heavy (non-hydrogen) atoms. The Hall–Kier alpha value is -1.91. The summed E-state index contributed by atoms with van der Waals surface area (Å²) < 4.78 is 39.1. The van der Waals surface area contributed by atoms with Gasteiger partial charge in [-0.25, -0.2) is 0 Å². The largest absolute Gasteiger partial charge is 0.417 e. The molecule has 0 aromatic carbocycles. The number of rotatable bonds is 5. The summed E-state index contributed by atoms with van der Waals surface area (Å²) in [7, 11) is 0. The highest BCUT2D eigenvalue weighted by Gasteiger charge is 2.37. The average molecular weight is 286 g/mol. The van der Waals surface area contributed by atoms with Crippen LogP contribution < -0.4 is 0 Å². The minimum absolute atomic E-state index is 0.0407. The Labute approximate surface area is 116 Å². The van der Waals surface area contributed by atoms with Gasteiger partial charge >= 0.3 is 6.18 Å². The molecule has 0 amide bonds. The van der Waals surface area contributed by atoms with Gasteiger partial charge in [-0.2, -0.15) is 13.2 Å². The zero-order valence-corrected chi connectivity index (χ0v) is 11.9. The van der Waals surface area contributed by atoms with Crippen LogP contribution in [0.1, 0.15) is 27.7 Å². The highest BCUT2D eigenvalue weighted by molar-refractivity contribution is 6.27. The van der Waals surface area contributed by atoms with Gasteiger partial charge in [0.25, 0.3) is 0 Å². The lowest BCUT2D eigenvalue weighted by atomic mass is 9.91. The van der Waals surface area contributed by atoms with Gasteiger partial charge in [0.1, 0.15) is 0 Å². The Morgan fingerprint density at radius 1 is 1.10 bits per heavy atom. The fraction of sp³-hybridized carbons (Fsp3) is 0.333. The van der Waals surface area contributed by atoms with E-state index in [0.717, 1.165) is 13.0 Å². The third-order valence-corrected chi connectivity index (χ3v) is 2.47. The summed E-state index contributed by atoms with van der Waals surface area (Å²) in [6.45, 7) is 8.69. The Bertz CT molecular complexity index is 518. The van der Waals surface area contributed by atoms with Gasteiger partial charge in [0.2, 0.25) is 0 Å². The summed E-state index contributed by atoms with van der Waals surface area (Å²) in [5, 5.41) is 0. The summed E-state index contributed by atoms with van der Waals surface area (Å²) in [5.41, 5.74) is -2.01. The monoisotopic (exact) mass is 286 g/mol. The van der Waals surface area contributed by atoms with E-state index in [1.807, 2.05) is 0 Å². The van der Waals surface area contributed by atoms with Crippen LogP contribution in [0.5, 0.6) is 0 Å². The van der Waals surface area contributed by atoms with Crippen molar-refractivity contribution in [1.82, 2.24) is 0 Å². The number of ketones is 2. The van der Waals surface area contributed by atoms with E-state index in [1.165, 1.54) is 32.9 Å². The molecule has 0 aromatic rings. The van der Waals surface area contributed by atoms with Crippen LogP contribution in [0.4, 0.5) is 13.2 Å². The Morgan fingerprint density at radius 3 is 1.85 bits per heavy atom. The predicted molar refractivity (Wildman–Crippen MR) is 72.2 cm³/mol. The van der Waals surface area contributed by atoms with Crippen LogP contribution in [0.15, 0.2) is 47.1 Å². The van der Waals surface area contributed by atoms with Gasteiger partial charge in [-0.1, -0.05) is 24.8 Å². The summed E-state index contributed by atoms with van der Waals surface area (Å²) in [4.78, 5) is 23.5. The molecule has 0 bridgehead atoms. The maximum absolute atomic E-state index is 13.0. The molecule has 0 aliphatic heterocycles. The second-order valence-corrected chi connectivity index (χ2v) is 4.15. The molecular formula is C15H17F3O2. The smallest absolute Gasteiger partial charge is 0.294 e. The molecule has 0 saturated heterocycles. The average Bonchev–Trinajstić information content (AvgIpc) is 2.26. The van der Waals surface area contributed by atoms with E-state index in [2.05, 4.69) is 6.58 Å². The van der Waals surface area contributed by atoms with Crippen molar-refractivity contribution in [2.75, 3.05) is 0 Å². The van der Waals surface area contributed by atoms with Crippen LogP contribution in [0.2, 0.25) is 0 Å². The highest BCUT2D eigenvalue weighted by Crippen LogP contribution is 2.33. The van der Waals surface area contributed by atoms with Crippen molar-refractivity contribution in [3.8, 4) is 0 Å². The van der Waals surface area contributed by atoms with E-state index >= 15 is 0 Å². The molecule has 2 nitrogen and oxygen atoms in total. The van der Waals surface area contributed by atoms with Crippen LogP contribution in [0.25, 0.3) is 0 Å². The first-order chi connectivity index (χ1) is 9.07. The van der Waals surface area contributed by atoms with Crippen LogP contribution in [0, 0.1) is 0 Å². The van der Waals surface area contributed by atoms with Crippen LogP contribution in [-0.2, 0) is 9.59 Å². The molecule has 110 valence electrons. The molecule has 0 aliphatic rings. The lowest BCUT2D eigenvalue weighted by molar-refractivity contribution is -0.119. The first-order valence-corrected chi connectivity index (χ1v) is 5.89. The zero-order valence-electron chi connectivity index (χ0n) is 11.9. The number of halogens is 3. The van der Waals surface area contributed by atoms with Crippen molar-refractivity contribution in [3.05, 3.63) is 47.1 Å². The molecule has 5 heteroatoms. The van der Waals surface area contributed by atoms with E-state index in [9.17, 15) is 22.8 Å². The molecule has 0 heterocycles. The normalized spacial score (nSPS) is 14.2. The fourth-order valence-corrected chi connectivity index (χ4v) is 1.66. The standard InChI is InChI=1S/C15H17F3O2/c1-6-8-12(15(16,17)18)13(9(3)4)14(20)11(7-2)10(5)19/h6-8H,3H2,1-2,4-5H3/b8-6-,11-7-,13-12-. The first kappa shape index (κ1) is 18.1. The van der Waals surface area contributed by atoms with Gasteiger partial charge < -0.3 is 0 Å². The van der Waals surface area contributed by atoms with Crippen molar-refractivity contribution >= 4 is 11.6 Å². The van der Waals surface area contributed by atoms with Gasteiger partial charge in [0, 0.05) is 5.57 Å². The minimum Gasteiger partial charge on any atom is -0.294 e. The van der Waals surface area contributed by atoms with Crippen molar-refractivity contribution < 1.29 is 22.8 Å². The predicted octanol–water partition coefficient (Wildman–Crippen LogP) is 4.10. The van der Waals surface area contributed by atoms with Gasteiger partial charge in [-0.15, -0.1) is 0 Å². The van der Waals surface area contributed by atoms with Crippen molar-refractivity contribution in [2.45, 2.75) is 33.9 Å². The van der Waals surface area contributed by atoms with Crippen LogP contribution >= 0.6 is 0 Å². The second kappa shape index (κ2) is 7.03. The molecule has 0 aliphatic carbocycles. The van der Waals surface area contributed by atoms with Crippen LogP contribution in [-0.4, -0.2) is 17.7 Å². The maximum atomic E-state index is 13.0. The number of carbonyl (C=O) groups is 2. The van der Waals surface area contributed by atoms with Crippen molar-refractivity contribution in [3.63, 3.8) is 0 Å². The summed E-state index contributed by atoms with van der Waals surface area (Å²) in [6.07, 6.45) is -1.51. The third-order valence-electron chi connectivity index (χ3n) is 2.47. The fourth-order valence-electron chi connectivity index (χ4n) is 1.66. The zero-order chi connectivity index (χ0) is 16.1. The number of Topliss-reactive ketones (excluding diaryl/α,β-unsaturated/α-hetero) is 2. The number of allylic oxidation sites excluding steroid dienone is 7. The SMILES string of the molecule is C=C(C)/C(C(=O)/C(=C\C)C(C)=O)=C(\C=C/C)C(F)(F)F. The minimum atomic E-state index is -4.70. The van der Waals surface area contributed by atoms with E-state index in [4.69, 9.17) is 0 Å². The molecule has 0 spiro atoms. The van der Waals surface area contributed by atoms with E-state index in [0.29, 0.717) is 0 Å². The highest BCUT2D eigenvalue weighted by atomic mass is 19.4. The maximum Gasteiger partial charge on any atom is 0.417 e. The Balaban J connectivity index is 6.32. The van der Waals surface area contributed by atoms with E-state index in [1.54, 1.807) is 0 Å². The quantitative estimate of drug-likeness (QED) is 0.330. The molecule has 0 rings (SSSR count). The topological polar surface area (TPSA) is 34.1 Å². The Morgan fingerprint density at radius 2 is 1.60 bits per heavy atom. The first-order valence-electron chi connectivity index (χ1n) is 5.89. The summed E-state index contributed by atoms with van der Waals surface area (Å²) >= 11 is 0. The molecule has 0 aromatic heterocycles. The molecule has 0 unspecified atom stereocenters. The molecule has 0 atom stereocenters. The molecule has 0 saturated carbocycles. The second-order valence-electron chi connectivity index (χ2n) is 4.15. The van der Waals surface area contributed by atoms with E-state index < -0.39 is 28.9 Å². The molecule has 0 N–H and O–H groups in total. The lowest BCUT2D eigenvalue weighted by Crippen LogP contribution is -2.20. The number of hydrogen-bond donors (Lipinski definition) is 0.